The molecule has 1 fully saturated rings. The van der Waals surface area contributed by atoms with E-state index >= 15 is 0 Å². The van der Waals surface area contributed by atoms with E-state index in [1.807, 2.05) is 0 Å². The highest BCUT2D eigenvalue weighted by molar-refractivity contribution is 6.33. The molecule has 0 saturated heterocycles. The van der Waals surface area contributed by atoms with Gasteiger partial charge in [-0.05, 0) is 50.1 Å². The van der Waals surface area contributed by atoms with Crippen LogP contribution in [0, 0.1) is 31.3 Å². The number of halogens is 5. The van der Waals surface area contributed by atoms with Crippen molar-refractivity contribution < 1.29 is 17.6 Å². The van der Waals surface area contributed by atoms with Crippen LogP contribution in [-0.2, 0) is 12.5 Å². The van der Waals surface area contributed by atoms with Crippen molar-refractivity contribution in [2.75, 3.05) is 0 Å². The van der Waals surface area contributed by atoms with Crippen molar-refractivity contribution in [3.05, 3.63) is 75.3 Å². The molecule has 2 aromatic carbocycles. The second-order valence-electron chi connectivity index (χ2n) is 7.28. The summed E-state index contributed by atoms with van der Waals surface area (Å²) in [4.78, 5) is 0. The van der Waals surface area contributed by atoms with E-state index in [9.17, 15) is 17.6 Å². The zero-order valence-corrected chi connectivity index (χ0v) is 16.2. The molecule has 1 aliphatic rings. The molecule has 0 aliphatic heterocycles. The molecular formula is C21H17ClF4N2. The number of aryl methyl sites for hydroxylation is 3. The Kier molecular flexibility index (Phi) is 4.30. The number of alkyl halides is 1. The van der Waals surface area contributed by atoms with Crippen LogP contribution in [0.3, 0.4) is 0 Å². The molecule has 0 spiro atoms. The Balaban J connectivity index is 2.02. The lowest BCUT2D eigenvalue weighted by Crippen LogP contribution is -2.22. The van der Waals surface area contributed by atoms with Gasteiger partial charge in [-0.3, -0.25) is 4.68 Å². The van der Waals surface area contributed by atoms with E-state index in [-0.39, 0.29) is 17.0 Å². The Morgan fingerprint density at radius 3 is 2.36 bits per heavy atom. The largest absolute Gasteiger partial charge is 0.271 e. The molecule has 1 heterocycles. The van der Waals surface area contributed by atoms with Crippen LogP contribution >= 0.6 is 11.6 Å². The molecule has 0 N–H and O–H groups in total. The van der Waals surface area contributed by atoms with E-state index < -0.39 is 29.0 Å². The summed E-state index contributed by atoms with van der Waals surface area (Å²) in [5, 5.41) is 4.55. The van der Waals surface area contributed by atoms with Gasteiger partial charge in [-0.2, -0.15) is 5.10 Å². The van der Waals surface area contributed by atoms with Crippen molar-refractivity contribution in [1.82, 2.24) is 9.78 Å². The predicted molar refractivity (Wildman–Crippen MR) is 99.7 cm³/mol. The first-order valence-corrected chi connectivity index (χ1v) is 9.14. The molecule has 1 saturated carbocycles. The second-order valence-corrected chi connectivity index (χ2v) is 7.69. The molecule has 2 unspecified atom stereocenters. The van der Waals surface area contributed by atoms with Crippen molar-refractivity contribution in [2.45, 2.75) is 31.9 Å². The molecule has 1 aromatic heterocycles. The number of hydrogen-bond acceptors (Lipinski definition) is 1. The van der Waals surface area contributed by atoms with Crippen molar-refractivity contribution in [3.8, 4) is 11.1 Å². The number of benzene rings is 2. The summed E-state index contributed by atoms with van der Waals surface area (Å²) in [5.41, 5.74) is 1.17. The summed E-state index contributed by atoms with van der Waals surface area (Å²) in [7, 11) is 1.65. The summed E-state index contributed by atoms with van der Waals surface area (Å²) in [6.45, 7) is 3.29. The van der Waals surface area contributed by atoms with Crippen LogP contribution < -0.4 is 0 Å². The van der Waals surface area contributed by atoms with Crippen LogP contribution in [0.25, 0.3) is 11.1 Å². The topological polar surface area (TPSA) is 17.8 Å². The number of hydrogen-bond donors (Lipinski definition) is 0. The van der Waals surface area contributed by atoms with E-state index in [1.54, 1.807) is 20.9 Å². The van der Waals surface area contributed by atoms with Gasteiger partial charge < -0.3 is 0 Å². The van der Waals surface area contributed by atoms with Gasteiger partial charge in [-0.25, -0.2) is 17.6 Å². The van der Waals surface area contributed by atoms with Crippen molar-refractivity contribution >= 4 is 11.6 Å². The normalized spacial score (nSPS) is 21.2. The van der Waals surface area contributed by atoms with E-state index in [2.05, 4.69) is 5.10 Å². The molecule has 4 rings (SSSR count). The van der Waals surface area contributed by atoms with Crippen molar-refractivity contribution in [3.63, 3.8) is 0 Å². The molecule has 0 bridgehead atoms. The van der Waals surface area contributed by atoms with E-state index in [0.717, 1.165) is 6.07 Å². The Bertz CT molecular complexity index is 1090. The lowest BCUT2D eigenvalue weighted by Gasteiger charge is -2.22. The first kappa shape index (κ1) is 19.0. The number of nitrogens with zero attached hydrogens (tertiary/aromatic N) is 2. The van der Waals surface area contributed by atoms with Gasteiger partial charge in [0, 0.05) is 29.8 Å². The molecule has 1 aliphatic carbocycles. The van der Waals surface area contributed by atoms with Crippen LogP contribution in [0.5, 0.6) is 0 Å². The second kappa shape index (κ2) is 6.34. The molecule has 3 aromatic rings. The lowest BCUT2D eigenvalue weighted by atomic mass is 9.84. The maximum Gasteiger partial charge on any atom is 0.130 e. The highest BCUT2D eigenvalue weighted by atomic mass is 35.5. The molecule has 28 heavy (non-hydrogen) atoms. The third-order valence-corrected chi connectivity index (χ3v) is 5.73. The summed E-state index contributed by atoms with van der Waals surface area (Å²) in [6.07, 6.45) is -1.32. The van der Waals surface area contributed by atoms with Crippen LogP contribution in [0.4, 0.5) is 17.6 Å². The van der Waals surface area contributed by atoms with Gasteiger partial charge in [-0.15, -0.1) is 0 Å². The first-order chi connectivity index (χ1) is 13.2. The third-order valence-electron chi connectivity index (χ3n) is 5.42. The van der Waals surface area contributed by atoms with Gasteiger partial charge >= 0.3 is 0 Å². The molecule has 0 amide bonds. The fourth-order valence-electron chi connectivity index (χ4n) is 4.30. The molecule has 7 heteroatoms. The summed E-state index contributed by atoms with van der Waals surface area (Å²) in [6, 6.07) is 5.89. The quantitative estimate of drug-likeness (QED) is 0.500. The Labute approximate surface area is 164 Å². The van der Waals surface area contributed by atoms with Crippen LogP contribution in [0.2, 0.25) is 5.02 Å². The highest BCUT2D eigenvalue weighted by Gasteiger charge is 2.62. The minimum Gasteiger partial charge on any atom is -0.271 e. The standard InChI is InChI=1S/C21H17ClF4N2/c1-10-6-13(24)8-16(25)19(10)21(9-17(21)26)20-18(11(2)27-28(20)3)14-5-4-12(23)7-15(14)22/h4-8,17H,9H2,1-3H3. The average molecular weight is 409 g/mol. The number of aromatic nitrogens is 2. The zero-order chi connectivity index (χ0) is 20.4. The molecule has 2 nitrogen and oxygen atoms in total. The molecule has 2 atom stereocenters. The van der Waals surface area contributed by atoms with Gasteiger partial charge in [0.2, 0.25) is 0 Å². The minimum absolute atomic E-state index is 0.0428. The highest BCUT2D eigenvalue weighted by Crippen LogP contribution is 2.59. The van der Waals surface area contributed by atoms with Crippen molar-refractivity contribution in [2.24, 2.45) is 7.05 Å². The SMILES string of the molecule is Cc1cc(F)cc(F)c1C1(c2c(-c3ccc(F)cc3Cl)c(C)nn2C)CC1F. The lowest BCUT2D eigenvalue weighted by molar-refractivity contribution is 0.424. The molecular weight excluding hydrogens is 392 g/mol. The van der Waals surface area contributed by atoms with E-state index in [1.165, 1.54) is 28.9 Å². The van der Waals surface area contributed by atoms with Gasteiger partial charge in [-0.1, -0.05) is 11.6 Å². The Hall–Kier alpha value is -2.34. The summed E-state index contributed by atoms with van der Waals surface area (Å²) in [5.74, 6) is -2.01. The van der Waals surface area contributed by atoms with Gasteiger partial charge in [0.15, 0.2) is 0 Å². The van der Waals surface area contributed by atoms with Gasteiger partial charge in [0.25, 0.3) is 0 Å². The molecule has 0 radical (unpaired) electrons. The third kappa shape index (κ3) is 2.65. The van der Waals surface area contributed by atoms with Crippen molar-refractivity contribution in [1.29, 1.82) is 0 Å². The maximum atomic E-state index is 14.9. The van der Waals surface area contributed by atoms with E-state index in [0.29, 0.717) is 28.1 Å². The van der Waals surface area contributed by atoms with Gasteiger partial charge in [0.05, 0.1) is 21.8 Å². The Morgan fingerprint density at radius 2 is 1.79 bits per heavy atom. The minimum atomic E-state index is -1.36. The fraction of sp³-hybridized carbons (Fsp3) is 0.286. The van der Waals surface area contributed by atoms with Gasteiger partial charge in [0.1, 0.15) is 23.6 Å². The zero-order valence-electron chi connectivity index (χ0n) is 15.5. The number of rotatable bonds is 3. The Morgan fingerprint density at radius 1 is 1.11 bits per heavy atom. The fourth-order valence-corrected chi connectivity index (χ4v) is 4.56. The average Bonchev–Trinajstić information content (AvgIpc) is 3.12. The van der Waals surface area contributed by atoms with Crippen LogP contribution in [0.1, 0.15) is 28.9 Å². The van der Waals surface area contributed by atoms with Crippen LogP contribution in [0.15, 0.2) is 30.3 Å². The van der Waals surface area contributed by atoms with E-state index in [4.69, 9.17) is 11.6 Å². The first-order valence-electron chi connectivity index (χ1n) is 8.76. The summed E-state index contributed by atoms with van der Waals surface area (Å²) < 4.78 is 58.4. The molecule has 146 valence electrons. The maximum absolute atomic E-state index is 14.9. The summed E-state index contributed by atoms with van der Waals surface area (Å²) >= 11 is 6.26. The monoisotopic (exact) mass is 408 g/mol. The predicted octanol–water partition coefficient (Wildman–Crippen LogP) is 5.80. The smallest absolute Gasteiger partial charge is 0.130 e. The van der Waals surface area contributed by atoms with Crippen LogP contribution in [-0.4, -0.2) is 16.0 Å².